The molecule has 0 bridgehead atoms. The average molecular weight is 273 g/mol. The first kappa shape index (κ1) is 14.6. The van der Waals surface area contributed by atoms with Crippen molar-refractivity contribution < 1.29 is 24.2 Å². The smallest absolute Gasteiger partial charge is 0.348 e. The van der Waals surface area contributed by atoms with Gasteiger partial charge in [-0.15, -0.1) is 11.3 Å². The number of carbonyl (C=O) groups is 2. The molecule has 1 aromatic heterocycles. The number of carboxylic acid groups (broad SMARTS) is 1. The Morgan fingerprint density at radius 1 is 1.44 bits per heavy atom. The van der Waals surface area contributed by atoms with Crippen LogP contribution in [0.3, 0.4) is 0 Å². The molecule has 1 heterocycles. The molecule has 7 heteroatoms. The van der Waals surface area contributed by atoms with Gasteiger partial charge in [0.05, 0.1) is 18.9 Å². The molecule has 1 amide bonds. The fourth-order valence-corrected chi connectivity index (χ4v) is 2.08. The summed E-state index contributed by atoms with van der Waals surface area (Å²) in [5, 5.41) is 13.2. The van der Waals surface area contributed by atoms with Crippen LogP contribution in [0.25, 0.3) is 0 Å². The van der Waals surface area contributed by atoms with E-state index in [1.54, 1.807) is 12.3 Å². The molecule has 2 N–H and O–H groups in total. The molecular weight excluding hydrogens is 258 g/mol. The lowest BCUT2D eigenvalue weighted by atomic mass is 10.2. The second kappa shape index (κ2) is 7.10. The van der Waals surface area contributed by atoms with E-state index < -0.39 is 5.97 Å². The number of anilines is 1. The van der Waals surface area contributed by atoms with Crippen LogP contribution in [0.2, 0.25) is 0 Å². The number of hydrogen-bond acceptors (Lipinski definition) is 5. The number of ether oxygens (including phenoxy) is 2. The Labute approximate surface area is 109 Å². The zero-order valence-electron chi connectivity index (χ0n) is 10.2. The summed E-state index contributed by atoms with van der Waals surface area (Å²) >= 11 is 1.08. The standard InChI is InChI=1S/C11H15NO5S/c1-7-6-18-10(11(14)15)9(7)12-8(13)5-17-4-3-16-2/h6H,3-5H2,1-2H3,(H,12,13)(H,14,15). The van der Waals surface area contributed by atoms with Crippen molar-refractivity contribution in [3.63, 3.8) is 0 Å². The van der Waals surface area contributed by atoms with Gasteiger partial charge in [0, 0.05) is 7.11 Å². The number of nitrogens with one attached hydrogen (secondary N) is 1. The van der Waals surface area contributed by atoms with E-state index in [0.29, 0.717) is 18.9 Å². The van der Waals surface area contributed by atoms with Crippen molar-refractivity contribution >= 4 is 28.9 Å². The quantitative estimate of drug-likeness (QED) is 0.733. The molecule has 0 saturated heterocycles. The molecule has 0 aromatic carbocycles. The van der Waals surface area contributed by atoms with Gasteiger partial charge in [0.2, 0.25) is 5.91 Å². The third-order valence-corrected chi connectivity index (χ3v) is 3.18. The highest BCUT2D eigenvalue weighted by Crippen LogP contribution is 2.27. The van der Waals surface area contributed by atoms with Crippen LogP contribution in [0, 0.1) is 6.92 Å². The number of methoxy groups -OCH3 is 1. The molecule has 0 spiro atoms. The minimum atomic E-state index is -1.05. The summed E-state index contributed by atoms with van der Waals surface area (Å²) < 4.78 is 9.81. The SMILES string of the molecule is COCCOCC(=O)Nc1c(C)csc1C(=O)O. The van der Waals surface area contributed by atoms with Crippen LogP contribution >= 0.6 is 11.3 Å². The average Bonchev–Trinajstić information content (AvgIpc) is 2.67. The van der Waals surface area contributed by atoms with Gasteiger partial charge in [0.1, 0.15) is 11.5 Å². The molecule has 0 aliphatic carbocycles. The Balaban J connectivity index is 2.53. The summed E-state index contributed by atoms with van der Waals surface area (Å²) in [6.45, 7) is 2.34. The predicted molar refractivity (Wildman–Crippen MR) is 67.3 cm³/mol. The van der Waals surface area contributed by atoms with Crippen molar-refractivity contribution in [2.45, 2.75) is 6.92 Å². The summed E-state index contributed by atoms with van der Waals surface area (Å²) in [5.41, 5.74) is 1.07. The summed E-state index contributed by atoms with van der Waals surface area (Å²) in [7, 11) is 1.54. The normalized spacial score (nSPS) is 10.3. The Morgan fingerprint density at radius 2 is 2.17 bits per heavy atom. The van der Waals surface area contributed by atoms with E-state index in [9.17, 15) is 9.59 Å². The lowest BCUT2D eigenvalue weighted by Crippen LogP contribution is -2.20. The van der Waals surface area contributed by atoms with Gasteiger partial charge < -0.3 is 19.9 Å². The highest BCUT2D eigenvalue weighted by Gasteiger charge is 2.17. The number of rotatable bonds is 7. The molecule has 18 heavy (non-hydrogen) atoms. The van der Waals surface area contributed by atoms with Gasteiger partial charge in [0.25, 0.3) is 0 Å². The largest absolute Gasteiger partial charge is 0.477 e. The van der Waals surface area contributed by atoms with Crippen molar-refractivity contribution in [3.8, 4) is 0 Å². The van der Waals surface area contributed by atoms with Gasteiger partial charge in [-0.05, 0) is 17.9 Å². The lowest BCUT2D eigenvalue weighted by molar-refractivity contribution is -0.121. The Kier molecular flexibility index (Phi) is 5.76. The van der Waals surface area contributed by atoms with Gasteiger partial charge in [-0.2, -0.15) is 0 Å². The van der Waals surface area contributed by atoms with Crippen LogP contribution < -0.4 is 5.32 Å². The fraction of sp³-hybridized carbons (Fsp3) is 0.455. The van der Waals surface area contributed by atoms with E-state index in [4.69, 9.17) is 14.6 Å². The van der Waals surface area contributed by atoms with Crippen LogP contribution in [-0.2, 0) is 14.3 Å². The van der Waals surface area contributed by atoms with Crippen molar-refractivity contribution in [2.75, 3.05) is 32.2 Å². The maximum absolute atomic E-state index is 11.5. The Hall–Kier alpha value is -1.44. The minimum absolute atomic E-state index is 0.123. The minimum Gasteiger partial charge on any atom is -0.477 e. The van der Waals surface area contributed by atoms with E-state index in [1.165, 1.54) is 7.11 Å². The molecule has 1 aromatic rings. The first-order chi connectivity index (χ1) is 8.56. The van der Waals surface area contributed by atoms with Gasteiger partial charge in [0.15, 0.2) is 0 Å². The molecule has 0 saturated carbocycles. The summed E-state index contributed by atoms with van der Waals surface area (Å²) in [4.78, 5) is 22.6. The number of aromatic carboxylic acids is 1. The second-order valence-corrected chi connectivity index (χ2v) is 4.40. The molecule has 0 aliphatic rings. The Morgan fingerprint density at radius 3 is 2.78 bits per heavy atom. The van der Waals surface area contributed by atoms with Crippen LogP contribution in [0.5, 0.6) is 0 Å². The highest BCUT2D eigenvalue weighted by molar-refractivity contribution is 7.12. The zero-order chi connectivity index (χ0) is 13.5. The highest BCUT2D eigenvalue weighted by atomic mass is 32.1. The third-order valence-electron chi connectivity index (χ3n) is 2.10. The number of aryl methyl sites for hydroxylation is 1. The number of thiophene rings is 1. The molecule has 100 valence electrons. The topological polar surface area (TPSA) is 84.9 Å². The van der Waals surface area contributed by atoms with Crippen LogP contribution in [0.15, 0.2) is 5.38 Å². The third kappa shape index (κ3) is 4.10. The Bertz CT molecular complexity index is 429. The van der Waals surface area contributed by atoms with Crippen molar-refractivity contribution in [1.29, 1.82) is 0 Å². The molecule has 0 unspecified atom stereocenters. The van der Waals surface area contributed by atoms with Crippen molar-refractivity contribution in [3.05, 3.63) is 15.8 Å². The van der Waals surface area contributed by atoms with E-state index >= 15 is 0 Å². The number of amides is 1. The number of carboxylic acids is 1. The number of hydrogen-bond donors (Lipinski definition) is 2. The fourth-order valence-electron chi connectivity index (χ4n) is 1.24. The molecule has 0 aliphatic heterocycles. The molecular formula is C11H15NO5S. The van der Waals surface area contributed by atoms with Crippen LogP contribution in [0.4, 0.5) is 5.69 Å². The zero-order valence-corrected chi connectivity index (χ0v) is 11.0. The summed E-state index contributed by atoms with van der Waals surface area (Å²) in [6.07, 6.45) is 0. The van der Waals surface area contributed by atoms with Gasteiger partial charge in [-0.3, -0.25) is 4.79 Å². The molecule has 6 nitrogen and oxygen atoms in total. The first-order valence-corrected chi connectivity index (χ1v) is 6.12. The lowest BCUT2D eigenvalue weighted by Gasteiger charge is -2.07. The van der Waals surface area contributed by atoms with Gasteiger partial charge in [-0.25, -0.2) is 4.79 Å². The summed E-state index contributed by atoms with van der Waals surface area (Å²) in [5.74, 6) is -1.43. The van der Waals surface area contributed by atoms with Crippen LogP contribution in [-0.4, -0.2) is 43.9 Å². The molecule has 0 radical (unpaired) electrons. The molecule has 0 atom stereocenters. The van der Waals surface area contributed by atoms with Gasteiger partial charge in [-0.1, -0.05) is 0 Å². The predicted octanol–water partition coefficient (Wildman–Crippen LogP) is 1.36. The van der Waals surface area contributed by atoms with E-state index in [-0.39, 0.29) is 17.4 Å². The van der Waals surface area contributed by atoms with E-state index in [2.05, 4.69) is 5.32 Å². The maximum Gasteiger partial charge on any atom is 0.348 e. The van der Waals surface area contributed by atoms with Crippen molar-refractivity contribution in [2.24, 2.45) is 0 Å². The molecule has 0 fully saturated rings. The summed E-state index contributed by atoms with van der Waals surface area (Å²) in [6, 6.07) is 0. The van der Waals surface area contributed by atoms with Gasteiger partial charge >= 0.3 is 5.97 Å². The first-order valence-electron chi connectivity index (χ1n) is 5.24. The number of carbonyl (C=O) groups excluding carboxylic acids is 1. The molecule has 1 rings (SSSR count). The van der Waals surface area contributed by atoms with E-state index in [0.717, 1.165) is 16.9 Å². The maximum atomic E-state index is 11.5. The van der Waals surface area contributed by atoms with Crippen molar-refractivity contribution in [1.82, 2.24) is 0 Å². The van der Waals surface area contributed by atoms with E-state index in [1.807, 2.05) is 0 Å². The van der Waals surface area contributed by atoms with Crippen LogP contribution in [0.1, 0.15) is 15.2 Å². The second-order valence-electron chi connectivity index (χ2n) is 3.52. The monoisotopic (exact) mass is 273 g/mol.